The summed E-state index contributed by atoms with van der Waals surface area (Å²) in [7, 11) is 0. The van der Waals surface area contributed by atoms with Crippen molar-refractivity contribution in [1.29, 1.82) is 0 Å². The van der Waals surface area contributed by atoms with Gasteiger partial charge in [0.15, 0.2) is 0 Å². The molecule has 0 saturated heterocycles. The SMILES string of the molecule is NC1(CC(O)CF)CCC=CCC1. The van der Waals surface area contributed by atoms with E-state index >= 15 is 0 Å². The molecule has 0 bridgehead atoms. The third kappa shape index (κ3) is 3.44. The molecule has 0 aromatic rings. The van der Waals surface area contributed by atoms with Crippen LogP contribution in [-0.4, -0.2) is 23.4 Å². The van der Waals surface area contributed by atoms with Gasteiger partial charge in [-0.3, -0.25) is 0 Å². The van der Waals surface area contributed by atoms with Crippen LogP contribution in [0.2, 0.25) is 0 Å². The molecule has 0 spiro atoms. The van der Waals surface area contributed by atoms with Crippen LogP contribution in [0.3, 0.4) is 0 Å². The second-order valence-electron chi connectivity index (χ2n) is 3.92. The Morgan fingerprint density at radius 1 is 1.38 bits per heavy atom. The quantitative estimate of drug-likeness (QED) is 0.658. The van der Waals surface area contributed by atoms with Gasteiger partial charge >= 0.3 is 0 Å². The summed E-state index contributed by atoms with van der Waals surface area (Å²) in [4.78, 5) is 0. The largest absolute Gasteiger partial charge is 0.390 e. The molecule has 3 heteroatoms. The van der Waals surface area contributed by atoms with E-state index in [-0.39, 0.29) is 5.54 Å². The molecule has 0 amide bonds. The Bertz CT molecular complexity index is 172. The Morgan fingerprint density at radius 2 is 1.92 bits per heavy atom. The van der Waals surface area contributed by atoms with Gasteiger partial charge < -0.3 is 10.8 Å². The van der Waals surface area contributed by atoms with Gasteiger partial charge in [0.25, 0.3) is 0 Å². The fraction of sp³-hybridized carbons (Fsp3) is 0.800. The van der Waals surface area contributed by atoms with Crippen molar-refractivity contribution in [2.75, 3.05) is 6.67 Å². The maximum atomic E-state index is 12.1. The Morgan fingerprint density at radius 3 is 2.38 bits per heavy atom. The lowest BCUT2D eigenvalue weighted by Crippen LogP contribution is -2.42. The molecule has 1 atom stereocenters. The molecular formula is C10H18FNO. The normalized spacial score (nSPS) is 23.9. The van der Waals surface area contributed by atoms with Gasteiger partial charge in [-0.1, -0.05) is 12.2 Å². The number of halogens is 1. The maximum Gasteiger partial charge on any atom is 0.115 e. The summed E-state index contributed by atoms with van der Waals surface area (Å²) in [6, 6.07) is 0. The molecular weight excluding hydrogens is 169 g/mol. The number of rotatable bonds is 3. The third-order valence-electron chi connectivity index (χ3n) is 2.60. The van der Waals surface area contributed by atoms with Gasteiger partial charge in [-0.2, -0.15) is 0 Å². The summed E-state index contributed by atoms with van der Waals surface area (Å²) >= 11 is 0. The maximum absolute atomic E-state index is 12.1. The minimum absolute atomic E-state index is 0.366. The van der Waals surface area contributed by atoms with E-state index in [0.717, 1.165) is 25.7 Å². The van der Waals surface area contributed by atoms with Crippen LogP contribution in [0.1, 0.15) is 32.1 Å². The Balaban J connectivity index is 2.44. The number of hydrogen-bond acceptors (Lipinski definition) is 2. The van der Waals surface area contributed by atoms with Crippen molar-refractivity contribution in [3.05, 3.63) is 12.2 Å². The molecule has 1 aliphatic rings. The standard InChI is InChI=1S/C10H18FNO/c11-8-9(13)7-10(12)5-3-1-2-4-6-10/h1-2,9,13H,3-8,12H2. The smallest absolute Gasteiger partial charge is 0.115 e. The predicted molar refractivity (Wildman–Crippen MR) is 51.1 cm³/mol. The molecule has 3 N–H and O–H groups in total. The van der Waals surface area contributed by atoms with E-state index in [9.17, 15) is 9.50 Å². The second-order valence-corrected chi connectivity index (χ2v) is 3.92. The first-order chi connectivity index (χ1) is 6.16. The number of hydrogen-bond donors (Lipinski definition) is 2. The minimum Gasteiger partial charge on any atom is -0.390 e. The fourth-order valence-electron chi connectivity index (χ4n) is 1.83. The number of aliphatic hydroxyl groups is 1. The van der Waals surface area contributed by atoms with Crippen molar-refractivity contribution in [3.8, 4) is 0 Å². The van der Waals surface area contributed by atoms with E-state index in [1.165, 1.54) is 0 Å². The van der Waals surface area contributed by atoms with E-state index in [1.54, 1.807) is 0 Å². The van der Waals surface area contributed by atoms with Crippen LogP contribution in [0.25, 0.3) is 0 Å². The van der Waals surface area contributed by atoms with Crippen LogP contribution in [-0.2, 0) is 0 Å². The van der Waals surface area contributed by atoms with Crippen LogP contribution in [0.5, 0.6) is 0 Å². The highest BCUT2D eigenvalue weighted by Crippen LogP contribution is 2.25. The number of alkyl halides is 1. The highest BCUT2D eigenvalue weighted by molar-refractivity contribution is 4.97. The molecule has 76 valence electrons. The summed E-state index contributed by atoms with van der Waals surface area (Å²) < 4.78 is 12.1. The molecule has 0 fully saturated rings. The fourth-order valence-corrected chi connectivity index (χ4v) is 1.83. The average molecular weight is 187 g/mol. The van der Waals surface area contributed by atoms with Crippen LogP contribution in [0, 0.1) is 0 Å². The van der Waals surface area contributed by atoms with Gasteiger partial charge in [-0.15, -0.1) is 0 Å². The number of allylic oxidation sites excluding steroid dienone is 2. The first kappa shape index (κ1) is 10.7. The van der Waals surface area contributed by atoms with Gasteiger partial charge in [0.2, 0.25) is 0 Å². The van der Waals surface area contributed by atoms with Gasteiger partial charge in [0, 0.05) is 5.54 Å². The van der Waals surface area contributed by atoms with Gasteiger partial charge in [-0.05, 0) is 32.1 Å². The summed E-state index contributed by atoms with van der Waals surface area (Å²) in [5.41, 5.74) is 5.70. The highest BCUT2D eigenvalue weighted by Gasteiger charge is 2.27. The molecule has 1 rings (SSSR count). The first-order valence-electron chi connectivity index (χ1n) is 4.84. The van der Waals surface area contributed by atoms with Gasteiger partial charge in [0.05, 0.1) is 6.10 Å². The van der Waals surface area contributed by atoms with Crippen molar-refractivity contribution >= 4 is 0 Å². The molecule has 0 saturated carbocycles. The lowest BCUT2D eigenvalue weighted by atomic mass is 9.86. The molecule has 0 aromatic carbocycles. The number of nitrogens with two attached hydrogens (primary N) is 1. The zero-order valence-corrected chi connectivity index (χ0v) is 7.88. The van der Waals surface area contributed by atoms with Crippen molar-refractivity contribution in [2.24, 2.45) is 5.73 Å². The summed E-state index contributed by atoms with van der Waals surface area (Å²) in [5.74, 6) is 0. The topological polar surface area (TPSA) is 46.2 Å². The molecule has 0 aromatic heterocycles. The van der Waals surface area contributed by atoms with Crippen molar-refractivity contribution in [1.82, 2.24) is 0 Å². The zero-order valence-electron chi connectivity index (χ0n) is 7.88. The second kappa shape index (κ2) is 4.72. The molecule has 13 heavy (non-hydrogen) atoms. The number of aliphatic hydroxyl groups excluding tert-OH is 1. The zero-order chi connectivity index (χ0) is 9.73. The summed E-state index contributed by atoms with van der Waals surface area (Å²) in [6.45, 7) is -0.688. The lowest BCUT2D eigenvalue weighted by molar-refractivity contribution is 0.0991. The van der Waals surface area contributed by atoms with Crippen LogP contribution < -0.4 is 5.73 Å². The predicted octanol–water partition coefficient (Wildman–Crippen LogP) is 1.53. The minimum atomic E-state index is -0.886. The lowest BCUT2D eigenvalue weighted by Gasteiger charge is -2.29. The molecule has 1 aliphatic carbocycles. The van der Waals surface area contributed by atoms with E-state index in [1.807, 2.05) is 0 Å². The monoisotopic (exact) mass is 187 g/mol. The van der Waals surface area contributed by atoms with Crippen LogP contribution in [0.15, 0.2) is 12.2 Å². The summed E-state index contributed by atoms with van der Waals surface area (Å²) in [6.07, 6.45) is 7.28. The molecule has 0 radical (unpaired) electrons. The first-order valence-corrected chi connectivity index (χ1v) is 4.84. The molecule has 1 unspecified atom stereocenters. The van der Waals surface area contributed by atoms with Gasteiger partial charge in [0.1, 0.15) is 6.67 Å². The van der Waals surface area contributed by atoms with Gasteiger partial charge in [-0.25, -0.2) is 4.39 Å². The van der Waals surface area contributed by atoms with E-state index < -0.39 is 12.8 Å². The highest BCUT2D eigenvalue weighted by atomic mass is 19.1. The Labute approximate surface area is 78.6 Å². The third-order valence-corrected chi connectivity index (χ3v) is 2.60. The van der Waals surface area contributed by atoms with E-state index in [4.69, 9.17) is 5.73 Å². The van der Waals surface area contributed by atoms with Crippen molar-refractivity contribution in [3.63, 3.8) is 0 Å². The molecule has 0 heterocycles. The average Bonchev–Trinajstić information content (AvgIpc) is 2.30. The van der Waals surface area contributed by atoms with E-state index in [0.29, 0.717) is 6.42 Å². The Kier molecular flexibility index (Phi) is 3.88. The van der Waals surface area contributed by atoms with Crippen molar-refractivity contribution in [2.45, 2.75) is 43.7 Å². The van der Waals surface area contributed by atoms with Crippen LogP contribution in [0.4, 0.5) is 4.39 Å². The summed E-state index contributed by atoms with van der Waals surface area (Å²) in [5, 5.41) is 9.19. The van der Waals surface area contributed by atoms with Crippen LogP contribution >= 0.6 is 0 Å². The Hall–Kier alpha value is -0.410. The van der Waals surface area contributed by atoms with E-state index in [2.05, 4.69) is 12.2 Å². The molecule has 2 nitrogen and oxygen atoms in total. The molecule has 0 aliphatic heterocycles. The van der Waals surface area contributed by atoms with Crippen molar-refractivity contribution < 1.29 is 9.50 Å².